The second kappa shape index (κ2) is 6.10. The van der Waals surface area contributed by atoms with Crippen molar-refractivity contribution in [2.75, 3.05) is 13.2 Å². The smallest absolute Gasteiger partial charge is 0.302 e. The first-order valence-corrected chi connectivity index (χ1v) is 12.1. The Hall–Kier alpha value is -0.940. The Balaban J connectivity index is 1.34. The number of alkyl halides is 1. The van der Waals surface area contributed by atoms with Crippen LogP contribution in [-0.4, -0.2) is 36.7 Å². The fourth-order valence-electron chi connectivity index (χ4n) is 9.50. The summed E-state index contributed by atoms with van der Waals surface area (Å²) in [4.78, 5) is 11.6. The highest BCUT2D eigenvalue weighted by atomic mass is 19.1. The molecule has 1 aliphatic heterocycles. The summed E-state index contributed by atoms with van der Waals surface area (Å²) in [5, 5.41) is 0. The van der Waals surface area contributed by atoms with Gasteiger partial charge in [-0.05, 0) is 81.6 Å². The van der Waals surface area contributed by atoms with Gasteiger partial charge in [0.1, 0.15) is 11.8 Å². The molecule has 5 aliphatic carbocycles. The lowest BCUT2D eigenvalue weighted by Crippen LogP contribution is -2.68. The summed E-state index contributed by atoms with van der Waals surface area (Å²) in [6, 6.07) is 0. The standard InChI is InChI=1S/C25H35FO4/c1-15-12-23(26)14-19-18(21-5-4-17(30-16(2)27)13-24(15,21)23)6-8-22(3)20(19)7-9-25(22)28-10-11-29-25/h12,17-21H,4-11,13-14H2,1-3H3/t17-,18-,19+,20-,21+,22-,23?,24?/m0/s1. The third kappa shape index (κ3) is 2.17. The van der Waals surface area contributed by atoms with Gasteiger partial charge in [-0.15, -0.1) is 0 Å². The van der Waals surface area contributed by atoms with Crippen molar-refractivity contribution in [3.05, 3.63) is 11.6 Å². The average Bonchev–Trinajstić information content (AvgIpc) is 3.28. The number of allylic oxidation sites excluding steroid dienone is 2. The van der Waals surface area contributed by atoms with Gasteiger partial charge < -0.3 is 14.2 Å². The molecule has 6 aliphatic rings. The van der Waals surface area contributed by atoms with E-state index in [1.165, 1.54) is 12.5 Å². The number of halogens is 1. The van der Waals surface area contributed by atoms with Gasteiger partial charge in [0, 0.05) is 24.2 Å². The van der Waals surface area contributed by atoms with E-state index in [1.807, 2.05) is 6.08 Å². The molecule has 0 N–H and O–H groups in total. The van der Waals surface area contributed by atoms with Crippen LogP contribution < -0.4 is 0 Å². The molecule has 0 aromatic rings. The predicted molar refractivity (Wildman–Crippen MR) is 109 cm³/mol. The van der Waals surface area contributed by atoms with Gasteiger partial charge in [0.15, 0.2) is 5.79 Å². The molecule has 2 spiro atoms. The SMILES string of the molecule is CC(=O)O[C@H]1CC[C@@H]2[C@H]3CC[C@@]4(C)[C@@H](CCC45OCCO5)[C@@H]3CC3(F)C=C(C)C23C1. The van der Waals surface area contributed by atoms with E-state index >= 15 is 4.39 Å². The van der Waals surface area contributed by atoms with Gasteiger partial charge in [0.2, 0.25) is 0 Å². The molecule has 6 rings (SSSR count). The Labute approximate surface area is 178 Å². The molecule has 166 valence electrons. The van der Waals surface area contributed by atoms with E-state index in [1.54, 1.807) is 0 Å². The van der Waals surface area contributed by atoms with Gasteiger partial charge in [-0.25, -0.2) is 4.39 Å². The van der Waals surface area contributed by atoms with E-state index in [2.05, 4.69) is 13.8 Å². The van der Waals surface area contributed by atoms with Crippen molar-refractivity contribution in [2.24, 2.45) is 34.5 Å². The van der Waals surface area contributed by atoms with E-state index in [0.717, 1.165) is 38.5 Å². The molecule has 5 heteroatoms. The third-order valence-electron chi connectivity index (χ3n) is 10.5. The van der Waals surface area contributed by atoms with Crippen molar-refractivity contribution in [3.8, 4) is 0 Å². The number of rotatable bonds is 1. The first-order chi connectivity index (χ1) is 14.2. The lowest BCUT2D eigenvalue weighted by atomic mass is 9.37. The molecule has 2 unspecified atom stereocenters. The topological polar surface area (TPSA) is 44.8 Å². The maximum absolute atomic E-state index is 16.7. The molecule has 0 radical (unpaired) electrons. The minimum atomic E-state index is -1.26. The molecule has 0 aromatic heterocycles. The van der Waals surface area contributed by atoms with Gasteiger partial charge in [-0.1, -0.05) is 12.5 Å². The summed E-state index contributed by atoms with van der Waals surface area (Å²) in [6.45, 7) is 7.32. The van der Waals surface area contributed by atoms with E-state index in [9.17, 15) is 4.79 Å². The molecule has 0 bridgehead atoms. The number of ether oxygens (including phenoxy) is 3. The number of carbonyl (C=O) groups excluding carboxylic acids is 1. The lowest BCUT2D eigenvalue weighted by Gasteiger charge is -2.68. The Morgan fingerprint density at radius 1 is 1.07 bits per heavy atom. The van der Waals surface area contributed by atoms with Crippen LogP contribution in [0.4, 0.5) is 4.39 Å². The Morgan fingerprint density at radius 2 is 1.83 bits per heavy atom. The number of hydrogen-bond acceptors (Lipinski definition) is 4. The van der Waals surface area contributed by atoms with Crippen LogP contribution in [-0.2, 0) is 19.0 Å². The van der Waals surface area contributed by atoms with Crippen LogP contribution in [0.5, 0.6) is 0 Å². The number of carbonyl (C=O) groups is 1. The van der Waals surface area contributed by atoms with Crippen molar-refractivity contribution < 1.29 is 23.4 Å². The van der Waals surface area contributed by atoms with Crippen LogP contribution in [0, 0.1) is 34.5 Å². The highest BCUT2D eigenvalue weighted by molar-refractivity contribution is 5.66. The van der Waals surface area contributed by atoms with Crippen molar-refractivity contribution in [3.63, 3.8) is 0 Å². The molecule has 0 aromatic carbocycles. The van der Waals surface area contributed by atoms with Gasteiger partial charge >= 0.3 is 5.97 Å². The zero-order valence-electron chi connectivity index (χ0n) is 18.5. The van der Waals surface area contributed by atoms with Crippen molar-refractivity contribution >= 4 is 5.97 Å². The van der Waals surface area contributed by atoms with Gasteiger partial charge in [-0.3, -0.25) is 4.79 Å². The van der Waals surface area contributed by atoms with E-state index < -0.39 is 16.9 Å². The minimum Gasteiger partial charge on any atom is -0.463 e. The fraction of sp³-hybridized carbons (Fsp3) is 0.880. The van der Waals surface area contributed by atoms with Crippen molar-refractivity contribution in [1.29, 1.82) is 0 Å². The Morgan fingerprint density at radius 3 is 2.53 bits per heavy atom. The number of fused-ring (bicyclic) bond motifs is 5. The van der Waals surface area contributed by atoms with E-state index in [4.69, 9.17) is 14.2 Å². The van der Waals surface area contributed by atoms with Crippen LogP contribution in [0.1, 0.15) is 72.1 Å². The van der Waals surface area contributed by atoms with E-state index in [-0.39, 0.29) is 17.5 Å². The molecule has 5 fully saturated rings. The van der Waals surface area contributed by atoms with Crippen molar-refractivity contribution in [1.82, 2.24) is 0 Å². The first-order valence-electron chi connectivity index (χ1n) is 12.1. The zero-order chi connectivity index (χ0) is 20.9. The summed E-state index contributed by atoms with van der Waals surface area (Å²) in [6.07, 6.45) is 9.19. The second-order valence-electron chi connectivity index (χ2n) is 11.4. The minimum absolute atomic E-state index is 0.00151. The number of hydrogen-bond donors (Lipinski definition) is 0. The monoisotopic (exact) mass is 418 g/mol. The van der Waals surface area contributed by atoms with Crippen LogP contribution in [0.3, 0.4) is 0 Å². The Bertz CT molecular complexity index is 803. The molecule has 30 heavy (non-hydrogen) atoms. The van der Waals surface area contributed by atoms with E-state index in [0.29, 0.717) is 49.7 Å². The molecule has 4 nitrogen and oxygen atoms in total. The van der Waals surface area contributed by atoms with Crippen LogP contribution in [0.15, 0.2) is 11.6 Å². The van der Waals surface area contributed by atoms with Crippen LogP contribution >= 0.6 is 0 Å². The average molecular weight is 419 g/mol. The molecule has 4 saturated carbocycles. The molecule has 0 amide bonds. The normalized spacial score (nSPS) is 53.1. The zero-order valence-corrected chi connectivity index (χ0v) is 18.5. The van der Waals surface area contributed by atoms with Gasteiger partial charge in [-0.2, -0.15) is 0 Å². The summed E-state index contributed by atoms with van der Waals surface area (Å²) in [5.41, 5.74) is -0.480. The molecule has 1 heterocycles. The lowest BCUT2D eigenvalue weighted by molar-refractivity contribution is -0.254. The van der Waals surface area contributed by atoms with Gasteiger partial charge in [0.05, 0.1) is 13.2 Å². The molecule has 1 saturated heterocycles. The maximum Gasteiger partial charge on any atom is 0.302 e. The third-order valence-corrected chi connectivity index (χ3v) is 10.5. The van der Waals surface area contributed by atoms with Crippen LogP contribution in [0.25, 0.3) is 0 Å². The molecular weight excluding hydrogens is 383 g/mol. The summed E-state index contributed by atoms with van der Waals surface area (Å²) in [7, 11) is 0. The predicted octanol–water partition coefficient (Wildman–Crippen LogP) is 4.96. The summed E-state index contributed by atoms with van der Waals surface area (Å²) < 4.78 is 34.8. The number of esters is 1. The van der Waals surface area contributed by atoms with Crippen molar-refractivity contribution in [2.45, 2.75) is 89.7 Å². The highest BCUT2D eigenvalue weighted by Gasteiger charge is 2.74. The Kier molecular flexibility index (Phi) is 4.01. The molecule has 8 atom stereocenters. The summed E-state index contributed by atoms with van der Waals surface area (Å²) >= 11 is 0. The first kappa shape index (κ1) is 19.7. The quantitative estimate of drug-likeness (QED) is 0.446. The largest absolute Gasteiger partial charge is 0.463 e. The highest BCUT2D eigenvalue weighted by Crippen LogP contribution is 2.75. The fourth-order valence-corrected chi connectivity index (χ4v) is 9.50. The maximum atomic E-state index is 16.7. The van der Waals surface area contributed by atoms with Crippen LogP contribution in [0.2, 0.25) is 0 Å². The summed E-state index contributed by atoms with van der Waals surface area (Å²) in [5.74, 6) is 1.12. The van der Waals surface area contributed by atoms with Gasteiger partial charge in [0.25, 0.3) is 0 Å². The second-order valence-corrected chi connectivity index (χ2v) is 11.4. The molecular formula is C25H35FO4.